The minimum atomic E-state index is -0.354. The molecule has 1 N–H and O–H groups in total. The molecule has 0 radical (unpaired) electrons. The summed E-state index contributed by atoms with van der Waals surface area (Å²) < 4.78 is 0. The molecule has 1 aliphatic rings. The number of carbonyl (C=O) groups is 1. The molecule has 4 nitrogen and oxygen atoms in total. The fraction of sp³-hybridized carbons (Fsp3) is 0.333. The Hall–Kier alpha value is -2.50. The number of carbonyl (C=O) groups excluding carboxylic acids is 1. The van der Waals surface area contributed by atoms with E-state index in [-0.39, 0.29) is 11.8 Å². The van der Waals surface area contributed by atoms with Crippen molar-refractivity contribution < 1.29 is 4.79 Å². The maximum atomic E-state index is 13.2. The Bertz CT molecular complexity index is 886. The first-order valence-electron chi connectivity index (χ1n) is 10.3. The van der Waals surface area contributed by atoms with Gasteiger partial charge in [0, 0.05) is 18.5 Å². The van der Waals surface area contributed by atoms with E-state index >= 15 is 0 Å². The van der Waals surface area contributed by atoms with Crippen LogP contribution in [0.4, 0.5) is 5.13 Å². The van der Waals surface area contributed by atoms with E-state index < -0.39 is 0 Å². The van der Waals surface area contributed by atoms with Gasteiger partial charge >= 0.3 is 0 Å². The molecule has 29 heavy (non-hydrogen) atoms. The highest BCUT2D eigenvalue weighted by Crippen LogP contribution is 2.27. The number of piperidine rings is 1. The van der Waals surface area contributed by atoms with Crippen LogP contribution in [0.2, 0.25) is 0 Å². The van der Waals surface area contributed by atoms with Crippen LogP contribution in [0.3, 0.4) is 0 Å². The van der Waals surface area contributed by atoms with Crippen molar-refractivity contribution in [2.24, 2.45) is 5.92 Å². The monoisotopic (exact) mass is 405 g/mol. The SMILES string of the molecule is C[C@@H]1CCCN(Cc2csc(NC(=O)C(c3ccccc3)c3ccccc3)n2)C1. The average Bonchev–Trinajstić information content (AvgIpc) is 3.16. The van der Waals surface area contributed by atoms with Gasteiger partial charge in [0.1, 0.15) is 0 Å². The minimum absolute atomic E-state index is 0.0464. The van der Waals surface area contributed by atoms with Crippen LogP contribution in [0.1, 0.15) is 42.5 Å². The van der Waals surface area contributed by atoms with Crippen molar-refractivity contribution in [3.63, 3.8) is 0 Å². The number of thiazole rings is 1. The number of amides is 1. The molecule has 1 saturated heterocycles. The van der Waals surface area contributed by atoms with Crippen LogP contribution in [0.25, 0.3) is 0 Å². The lowest BCUT2D eigenvalue weighted by Gasteiger charge is -2.30. The van der Waals surface area contributed by atoms with Crippen LogP contribution < -0.4 is 5.32 Å². The quantitative estimate of drug-likeness (QED) is 0.617. The molecule has 0 aliphatic carbocycles. The lowest BCUT2D eigenvalue weighted by Crippen LogP contribution is -2.33. The second kappa shape index (κ2) is 9.33. The van der Waals surface area contributed by atoms with Crippen molar-refractivity contribution in [3.8, 4) is 0 Å². The third-order valence-electron chi connectivity index (χ3n) is 5.44. The Morgan fingerprint density at radius 2 is 1.79 bits per heavy atom. The summed E-state index contributed by atoms with van der Waals surface area (Å²) in [6, 6.07) is 19.8. The lowest BCUT2D eigenvalue weighted by molar-refractivity contribution is -0.116. The van der Waals surface area contributed by atoms with E-state index in [0.717, 1.165) is 42.4 Å². The van der Waals surface area contributed by atoms with Crippen molar-refractivity contribution in [2.75, 3.05) is 18.4 Å². The normalized spacial score (nSPS) is 17.4. The zero-order valence-electron chi connectivity index (χ0n) is 16.8. The molecule has 0 saturated carbocycles. The van der Waals surface area contributed by atoms with Crippen molar-refractivity contribution in [3.05, 3.63) is 82.9 Å². The first kappa shape index (κ1) is 19.8. The summed E-state index contributed by atoms with van der Waals surface area (Å²) in [5.74, 6) is 0.349. The highest BCUT2D eigenvalue weighted by Gasteiger charge is 2.24. The van der Waals surface area contributed by atoms with Crippen LogP contribution in [-0.2, 0) is 11.3 Å². The summed E-state index contributed by atoms with van der Waals surface area (Å²) in [5, 5.41) is 5.79. The summed E-state index contributed by atoms with van der Waals surface area (Å²) in [4.78, 5) is 20.3. The average molecular weight is 406 g/mol. The molecular weight excluding hydrogens is 378 g/mol. The molecule has 1 atom stereocenters. The van der Waals surface area contributed by atoms with Crippen LogP contribution in [-0.4, -0.2) is 28.9 Å². The summed E-state index contributed by atoms with van der Waals surface area (Å²) in [7, 11) is 0. The van der Waals surface area contributed by atoms with Gasteiger partial charge in [0.05, 0.1) is 11.6 Å². The molecule has 4 rings (SSSR count). The third-order valence-corrected chi connectivity index (χ3v) is 6.24. The molecule has 0 spiro atoms. The largest absolute Gasteiger partial charge is 0.301 e. The van der Waals surface area contributed by atoms with Crippen molar-refractivity contribution >= 4 is 22.4 Å². The van der Waals surface area contributed by atoms with E-state index in [1.807, 2.05) is 60.7 Å². The number of aromatic nitrogens is 1. The molecule has 2 aromatic carbocycles. The maximum absolute atomic E-state index is 13.2. The van der Waals surface area contributed by atoms with E-state index in [1.54, 1.807) is 0 Å². The Labute approximate surface area is 176 Å². The van der Waals surface area contributed by atoms with Gasteiger partial charge in [-0.1, -0.05) is 67.6 Å². The van der Waals surface area contributed by atoms with E-state index in [4.69, 9.17) is 0 Å². The van der Waals surface area contributed by atoms with E-state index in [1.165, 1.54) is 24.2 Å². The molecule has 0 unspecified atom stereocenters. The van der Waals surface area contributed by atoms with Crippen LogP contribution in [0.15, 0.2) is 66.0 Å². The summed E-state index contributed by atoms with van der Waals surface area (Å²) in [6.07, 6.45) is 2.57. The highest BCUT2D eigenvalue weighted by molar-refractivity contribution is 7.13. The van der Waals surface area contributed by atoms with Crippen LogP contribution >= 0.6 is 11.3 Å². The second-order valence-electron chi connectivity index (χ2n) is 7.87. The number of rotatable bonds is 6. The number of hydrogen-bond acceptors (Lipinski definition) is 4. The minimum Gasteiger partial charge on any atom is -0.301 e. The zero-order valence-corrected chi connectivity index (χ0v) is 17.6. The standard InChI is InChI=1S/C24H27N3OS/c1-18-9-8-14-27(15-18)16-21-17-29-24(25-21)26-23(28)22(19-10-4-2-5-11-19)20-12-6-3-7-13-20/h2-7,10-13,17-18,22H,8-9,14-16H2,1H3,(H,25,26,28)/t18-/m1/s1. The van der Waals surface area contributed by atoms with Gasteiger partial charge in [0.25, 0.3) is 0 Å². The van der Waals surface area contributed by atoms with E-state index in [2.05, 4.69) is 27.5 Å². The molecule has 5 heteroatoms. The molecule has 0 bridgehead atoms. The van der Waals surface area contributed by atoms with E-state index in [9.17, 15) is 4.79 Å². The summed E-state index contributed by atoms with van der Waals surface area (Å²) >= 11 is 1.51. The number of nitrogens with zero attached hydrogens (tertiary/aromatic N) is 2. The van der Waals surface area contributed by atoms with Gasteiger partial charge in [-0.15, -0.1) is 11.3 Å². The molecule has 150 valence electrons. The molecular formula is C24H27N3OS. The van der Waals surface area contributed by atoms with Gasteiger partial charge in [-0.2, -0.15) is 0 Å². The number of hydrogen-bond donors (Lipinski definition) is 1. The predicted molar refractivity (Wildman–Crippen MR) is 119 cm³/mol. The van der Waals surface area contributed by atoms with Crippen LogP contribution in [0, 0.1) is 5.92 Å². The van der Waals surface area contributed by atoms with Gasteiger partial charge in [-0.25, -0.2) is 4.98 Å². The van der Waals surface area contributed by atoms with E-state index in [0.29, 0.717) is 5.13 Å². The molecule has 3 aromatic rings. The van der Waals surface area contributed by atoms with Gasteiger partial charge in [-0.3, -0.25) is 9.69 Å². The first-order chi connectivity index (χ1) is 14.2. The fourth-order valence-corrected chi connectivity index (χ4v) is 4.76. The van der Waals surface area contributed by atoms with Gasteiger partial charge in [0.2, 0.25) is 5.91 Å². The Morgan fingerprint density at radius 1 is 1.14 bits per heavy atom. The molecule has 1 fully saturated rings. The summed E-state index contributed by atoms with van der Waals surface area (Å²) in [6.45, 7) is 5.43. The molecule has 1 aliphatic heterocycles. The zero-order chi connectivity index (χ0) is 20.1. The van der Waals surface area contributed by atoms with Gasteiger partial charge < -0.3 is 5.32 Å². The molecule has 1 aromatic heterocycles. The number of benzene rings is 2. The van der Waals surface area contributed by atoms with Gasteiger partial charge in [-0.05, 0) is 36.4 Å². The van der Waals surface area contributed by atoms with Crippen molar-refractivity contribution in [1.82, 2.24) is 9.88 Å². The smallest absolute Gasteiger partial charge is 0.238 e. The number of likely N-dealkylation sites (tertiary alicyclic amines) is 1. The maximum Gasteiger partial charge on any atom is 0.238 e. The van der Waals surface area contributed by atoms with Gasteiger partial charge in [0.15, 0.2) is 5.13 Å². The Balaban J connectivity index is 1.47. The van der Waals surface area contributed by atoms with Crippen LogP contribution in [0.5, 0.6) is 0 Å². The fourth-order valence-electron chi connectivity index (χ4n) is 4.06. The molecule has 1 amide bonds. The summed E-state index contributed by atoms with van der Waals surface area (Å²) in [5.41, 5.74) is 3.00. The Kier molecular flexibility index (Phi) is 6.37. The third kappa shape index (κ3) is 5.11. The number of anilines is 1. The second-order valence-corrected chi connectivity index (χ2v) is 8.73. The highest BCUT2D eigenvalue weighted by atomic mass is 32.1. The topological polar surface area (TPSA) is 45.2 Å². The Morgan fingerprint density at radius 3 is 2.41 bits per heavy atom. The number of nitrogens with one attached hydrogen (secondary N) is 1. The van der Waals surface area contributed by atoms with Crippen molar-refractivity contribution in [1.29, 1.82) is 0 Å². The molecule has 2 heterocycles. The lowest BCUT2D eigenvalue weighted by atomic mass is 9.90. The first-order valence-corrected chi connectivity index (χ1v) is 11.1. The predicted octanol–water partition coefficient (Wildman–Crippen LogP) is 5.15. The van der Waals surface area contributed by atoms with Crippen molar-refractivity contribution in [2.45, 2.75) is 32.2 Å².